The third-order valence-corrected chi connectivity index (χ3v) is 5.77. The lowest BCUT2D eigenvalue weighted by molar-refractivity contribution is -0.274. The van der Waals surface area contributed by atoms with Crippen LogP contribution < -0.4 is 9.75 Å². The first kappa shape index (κ1) is 21.3. The Kier molecular flexibility index (Phi) is 5.44. The molecule has 160 valence electrons. The van der Waals surface area contributed by atoms with Gasteiger partial charge in [0.2, 0.25) is 0 Å². The number of hydrogen-bond donors (Lipinski definition) is 0. The summed E-state index contributed by atoms with van der Waals surface area (Å²) in [6, 6.07) is 12.5. The Bertz CT molecular complexity index is 1190. The molecule has 0 saturated carbocycles. The normalized spacial score (nSPS) is 15.9. The van der Waals surface area contributed by atoms with Crippen LogP contribution in [-0.4, -0.2) is 21.3 Å². The van der Waals surface area contributed by atoms with Crippen LogP contribution in [-0.2, 0) is 4.79 Å². The Morgan fingerprint density at radius 1 is 1.06 bits per heavy atom. The van der Waals surface area contributed by atoms with Crippen molar-refractivity contribution in [1.29, 1.82) is 0 Å². The summed E-state index contributed by atoms with van der Waals surface area (Å²) >= 11 is 6.50. The van der Waals surface area contributed by atoms with E-state index >= 15 is 0 Å². The van der Waals surface area contributed by atoms with E-state index in [4.69, 9.17) is 16.6 Å². The zero-order valence-electron chi connectivity index (χ0n) is 16.3. The van der Waals surface area contributed by atoms with E-state index in [0.717, 1.165) is 23.1 Å². The molecule has 2 aromatic heterocycles. The molecule has 1 saturated heterocycles. The Morgan fingerprint density at radius 3 is 2.42 bits per heavy atom. The second kappa shape index (κ2) is 7.93. The molecular weight excluding hydrogens is 449 g/mol. The second-order valence-corrected chi connectivity index (χ2v) is 8.34. The summed E-state index contributed by atoms with van der Waals surface area (Å²) in [4.78, 5) is 13.3. The number of furan rings is 1. The molecule has 31 heavy (non-hydrogen) atoms. The molecule has 3 heterocycles. The van der Waals surface area contributed by atoms with Crippen molar-refractivity contribution >= 4 is 40.3 Å². The molecule has 0 spiro atoms. The fraction of sp³-hybridized carbons (Fsp3) is 0.143. The Balaban J connectivity index is 1.63. The molecule has 1 aromatic carbocycles. The zero-order valence-corrected chi connectivity index (χ0v) is 17.9. The van der Waals surface area contributed by atoms with Gasteiger partial charge in [0.1, 0.15) is 17.3 Å². The van der Waals surface area contributed by atoms with Crippen LogP contribution >= 0.6 is 24.0 Å². The monoisotopic (exact) mass is 464 g/mol. The summed E-state index contributed by atoms with van der Waals surface area (Å²) in [7, 11) is 0. The van der Waals surface area contributed by atoms with E-state index in [9.17, 15) is 18.0 Å². The molecule has 3 aromatic rings. The van der Waals surface area contributed by atoms with Crippen LogP contribution in [0.5, 0.6) is 5.75 Å². The van der Waals surface area contributed by atoms with Crippen molar-refractivity contribution in [2.45, 2.75) is 20.2 Å². The Hall–Kier alpha value is -2.98. The lowest BCUT2D eigenvalue weighted by Gasteiger charge is -2.20. The van der Waals surface area contributed by atoms with Gasteiger partial charge in [0.15, 0.2) is 4.32 Å². The number of para-hydroxylation sites is 1. The predicted molar refractivity (Wildman–Crippen MR) is 116 cm³/mol. The number of aryl methyl sites for hydroxylation is 2. The first-order chi connectivity index (χ1) is 14.6. The summed E-state index contributed by atoms with van der Waals surface area (Å²) in [5.74, 6) is -0.200. The minimum atomic E-state index is -4.83. The van der Waals surface area contributed by atoms with E-state index in [2.05, 4.69) is 4.74 Å². The van der Waals surface area contributed by atoms with Gasteiger partial charge in [0.05, 0.1) is 10.5 Å². The average Bonchev–Trinajstić information content (AvgIpc) is 3.35. The van der Waals surface area contributed by atoms with Gasteiger partial charge in [-0.05, 0) is 62.5 Å². The highest BCUT2D eigenvalue weighted by molar-refractivity contribution is 8.27. The molecule has 0 N–H and O–H groups in total. The number of amides is 1. The minimum absolute atomic E-state index is 0.144. The van der Waals surface area contributed by atoms with Crippen molar-refractivity contribution in [2.75, 3.05) is 5.01 Å². The zero-order chi connectivity index (χ0) is 22.3. The molecule has 0 aliphatic carbocycles. The van der Waals surface area contributed by atoms with Crippen molar-refractivity contribution < 1.29 is 27.1 Å². The number of hydrogen-bond acceptors (Lipinski definition) is 5. The molecule has 4 rings (SSSR count). The number of carbonyl (C=O) groups excluding carboxylic acids is 1. The molecule has 1 aliphatic rings. The quantitative estimate of drug-likeness (QED) is 0.361. The number of nitrogens with zero attached hydrogens (tertiary/aromatic N) is 2. The fourth-order valence-corrected chi connectivity index (χ4v) is 4.42. The van der Waals surface area contributed by atoms with Crippen LogP contribution in [0.25, 0.3) is 17.4 Å². The number of benzene rings is 1. The lowest BCUT2D eigenvalue weighted by atomic mass is 10.1. The van der Waals surface area contributed by atoms with Gasteiger partial charge in [-0.2, -0.15) is 5.01 Å². The highest BCUT2D eigenvalue weighted by Gasteiger charge is 2.35. The minimum Gasteiger partial charge on any atom is -0.457 e. The van der Waals surface area contributed by atoms with Gasteiger partial charge >= 0.3 is 6.36 Å². The maximum Gasteiger partial charge on any atom is 0.573 e. The molecule has 1 fully saturated rings. The maximum atomic E-state index is 13.0. The number of carbonyl (C=O) groups is 1. The van der Waals surface area contributed by atoms with Gasteiger partial charge in [0, 0.05) is 17.5 Å². The van der Waals surface area contributed by atoms with Crippen LogP contribution in [0.15, 0.2) is 57.9 Å². The highest BCUT2D eigenvalue weighted by Crippen LogP contribution is 2.37. The van der Waals surface area contributed by atoms with E-state index in [1.807, 2.05) is 26.0 Å². The first-order valence-electron chi connectivity index (χ1n) is 9.02. The highest BCUT2D eigenvalue weighted by atomic mass is 32.2. The standard InChI is InChI=1S/C21H15F3N2O3S2/c1-12-7-8-13(2)25(12)26-19(27)18(31-20(26)30)11-14-9-10-16(28-14)15-5-3-4-6-17(15)29-21(22,23)24/h3-11H,1-2H3/b18-11-. The Morgan fingerprint density at radius 2 is 1.74 bits per heavy atom. The molecule has 1 aliphatic heterocycles. The van der Waals surface area contributed by atoms with Crippen LogP contribution in [0.1, 0.15) is 17.1 Å². The molecule has 10 heteroatoms. The van der Waals surface area contributed by atoms with E-state index in [0.29, 0.717) is 15.0 Å². The predicted octanol–water partition coefficient (Wildman–Crippen LogP) is 5.80. The van der Waals surface area contributed by atoms with E-state index in [-0.39, 0.29) is 23.0 Å². The summed E-state index contributed by atoms with van der Waals surface area (Å²) < 4.78 is 49.9. The summed E-state index contributed by atoms with van der Waals surface area (Å²) in [5.41, 5.74) is 1.86. The first-order valence-corrected chi connectivity index (χ1v) is 10.2. The van der Waals surface area contributed by atoms with E-state index in [1.165, 1.54) is 35.4 Å². The van der Waals surface area contributed by atoms with Gasteiger partial charge in [-0.15, -0.1) is 13.2 Å². The SMILES string of the molecule is Cc1ccc(C)n1N1C(=O)/C(=C/c2ccc(-c3ccccc3OC(F)(F)F)o2)SC1=S. The largest absolute Gasteiger partial charge is 0.573 e. The van der Waals surface area contributed by atoms with Crippen LogP contribution in [0.3, 0.4) is 0 Å². The van der Waals surface area contributed by atoms with E-state index in [1.54, 1.807) is 16.8 Å². The van der Waals surface area contributed by atoms with Crippen LogP contribution in [0.2, 0.25) is 0 Å². The smallest absolute Gasteiger partial charge is 0.457 e. The molecule has 0 atom stereocenters. The van der Waals surface area contributed by atoms with Crippen molar-refractivity contribution in [1.82, 2.24) is 4.68 Å². The maximum absolute atomic E-state index is 13.0. The Labute approximate surface area is 185 Å². The van der Waals surface area contributed by atoms with Gasteiger partial charge in [-0.25, -0.2) is 0 Å². The summed E-state index contributed by atoms with van der Waals surface area (Å²) in [6.45, 7) is 3.74. The van der Waals surface area contributed by atoms with Gasteiger partial charge in [-0.1, -0.05) is 23.9 Å². The lowest BCUT2D eigenvalue weighted by Crippen LogP contribution is -2.39. The number of thioether (sulfide) groups is 1. The molecule has 1 amide bonds. The molecule has 5 nitrogen and oxygen atoms in total. The van der Waals surface area contributed by atoms with Gasteiger partial charge in [-0.3, -0.25) is 9.47 Å². The topological polar surface area (TPSA) is 47.6 Å². The molecule has 0 bridgehead atoms. The van der Waals surface area contributed by atoms with Crippen molar-refractivity contribution in [3.8, 4) is 17.1 Å². The van der Waals surface area contributed by atoms with Gasteiger partial charge < -0.3 is 9.15 Å². The number of alkyl halides is 3. The molecular formula is C21H15F3N2O3S2. The van der Waals surface area contributed by atoms with Crippen LogP contribution in [0, 0.1) is 13.8 Å². The fourth-order valence-electron chi connectivity index (χ4n) is 3.20. The number of halogens is 3. The number of aromatic nitrogens is 1. The van der Waals surface area contributed by atoms with Gasteiger partial charge in [0.25, 0.3) is 5.91 Å². The number of thiocarbonyl (C=S) groups is 1. The molecule has 0 radical (unpaired) electrons. The average molecular weight is 464 g/mol. The van der Waals surface area contributed by atoms with Crippen LogP contribution in [0.4, 0.5) is 13.2 Å². The molecule has 0 unspecified atom stereocenters. The summed E-state index contributed by atoms with van der Waals surface area (Å²) in [5, 5.41) is 1.41. The van der Waals surface area contributed by atoms with Crippen molar-refractivity contribution in [3.05, 3.63) is 70.6 Å². The second-order valence-electron chi connectivity index (χ2n) is 6.67. The third-order valence-electron chi connectivity index (χ3n) is 4.49. The number of ether oxygens (including phenoxy) is 1. The van der Waals surface area contributed by atoms with Crippen molar-refractivity contribution in [3.63, 3.8) is 0 Å². The summed E-state index contributed by atoms with van der Waals surface area (Å²) in [6.07, 6.45) is -3.31. The van der Waals surface area contributed by atoms with E-state index < -0.39 is 6.36 Å². The third kappa shape index (κ3) is 4.26. The number of rotatable bonds is 4. The van der Waals surface area contributed by atoms with Crippen molar-refractivity contribution in [2.24, 2.45) is 0 Å².